The van der Waals surface area contributed by atoms with Crippen molar-refractivity contribution in [3.8, 4) is 0 Å². The Hall–Kier alpha value is -1.33. The minimum atomic E-state index is -0.560. The Morgan fingerprint density at radius 2 is 1.76 bits per heavy atom. The van der Waals surface area contributed by atoms with Crippen molar-refractivity contribution in [2.45, 2.75) is 52.7 Å². The van der Waals surface area contributed by atoms with Crippen molar-refractivity contribution in [1.82, 2.24) is 0 Å². The lowest BCUT2D eigenvalue weighted by Crippen LogP contribution is -2.41. The van der Waals surface area contributed by atoms with E-state index in [4.69, 9.17) is 14.0 Å². The van der Waals surface area contributed by atoms with Gasteiger partial charge in [0.1, 0.15) is 0 Å². The SMILES string of the molecule is CCOC(=O)c1cccc(C)c1B1OC(C)(C)C(C)(C)O1. The van der Waals surface area contributed by atoms with E-state index in [-0.39, 0.29) is 5.97 Å². The van der Waals surface area contributed by atoms with Crippen molar-refractivity contribution >= 4 is 18.6 Å². The molecule has 1 aromatic carbocycles. The number of carbonyl (C=O) groups is 1. The summed E-state index contributed by atoms with van der Waals surface area (Å²) in [5, 5.41) is 0. The minimum absolute atomic E-state index is 0.342. The summed E-state index contributed by atoms with van der Waals surface area (Å²) in [6.45, 7) is 12.1. The molecule has 1 heterocycles. The molecule has 0 spiro atoms. The monoisotopic (exact) mass is 290 g/mol. The van der Waals surface area contributed by atoms with Crippen LogP contribution in [0, 0.1) is 6.92 Å². The maximum absolute atomic E-state index is 12.2. The number of rotatable bonds is 3. The molecule has 0 amide bonds. The fourth-order valence-corrected chi connectivity index (χ4v) is 2.34. The first-order valence-corrected chi connectivity index (χ1v) is 7.32. The molecule has 1 aliphatic heterocycles. The Balaban J connectivity index is 2.43. The molecular weight excluding hydrogens is 267 g/mol. The molecule has 0 unspecified atom stereocenters. The number of esters is 1. The summed E-state index contributed by atoms with van der Waals surface area (Å²) in [6.07, 6.45) is 0. The van der Waals surface area contributed by atoms with Crippen LogP contribution in [0.25, 0.3) is 0 Å². The van der Waals surface area contributed by atoms with Gasteiger partial charge in [-0.2, -0.15) is 0 Å². The largest absolute Gasteiger partial charge is 0.495 e. The second-order valence-corrected chi connectivity index (χ2v) is 6.34. The number of hydrogen-bond acceptors (Lipinski definition) is 4. The number of carbonyl (C=O) groups excluding carboxylic acids is 1. The maximum atomic E-state index is 12.2. The minimum Gasteiger partial charge on any atom is -0.462 e. The van der Waals surface area contributed by atoms with Gasteiger partial charge in [-0.1, -0.05) is 17.7 Å². The topological polar surface area (TPSA) is 44.8 Å². The van der Waals surface area contributed by atoms with E-state index in [0.717, 1.165) is 11.0 Å². The molecule has 0 atom stereocenters. The molecule has 0 saturated carbocycles. The van der Waals surface area contributed by atoms with Crippen molar-refractivity contribution in [2.75, 3.05) is 6.61 Å². The van der Waals surface area contributed by atoms with E-state index in [9.17, 15) is 4.79 Å². The highest BCUT2D eigenvalue weighted by Gasteiger charge is 2.52. The molecule has 114 valence electrons. The van der Waals surface area contributed by atoms with Crippen molar-refractivity contribution in [3.63, 3.8) is 0 Å². The Kier molecular flexibility index (Phi) is 4.18. The van der Waals surface area contributed by atoms with Crippen LogP contribution in [0.1, 0.15) is 50.5 Å². The summed E-state index contributed by atoms with van der Waals surface area (Å²) in [4.78, 5) is 12.2. The molecule has 1 aromatic rings. The first-order chi connectivity index (χ1) is 9.69. The molecule has 0 bridgehead atoms. The highest BCUT2D eigenvalue weighted by molar-refractivity contribution is 6.64. The second-order valence-electron chi connectivity index (χ2n) is 6.34. The van der Waals surface area contributed by atoms with E-state index in [1.165, 1.54) is 0 Å². The number of ether oxygens (including phenoxy) is 1. The van der Waals surface area contributed by atoms with Crippen molar-refractivity contribution in [2.24, 2.45) is 0 Å². The van der Waals surface area contributed by atoms with Crippen LogP contribution < -0.4 is 5.46 Å². The van der Waals surface area contributed by atoms with E-state index in [2.05, 4.69) is 0 Å². The van der Waals surface area contributed by atoms with E-state index in [0.29, 0.717) is 12.2 Å². The van der Waals surface area contributed by atoms with Crippen molar-refractivity contribution in [1.29, 1.82) is 0 Å². The molecule has 4 nitrogen and oxygen atoms in total. The Morgan fingerprint density at radius 1 is 1.19 bits per heavy atom. The highest BCUT2D eigenvalue weighted by atomic mass is 16.7. The maximum Gasteiger partial charge on any atom is 0.495 e. The zero-order valence-electron chi connectivity index (χ0n) is 13.6. The van der Waals surface area contributed by atoms with Crippen LogP contribution in [-0.2, 0) is 14.0 Å². The third kappa shape index (κ3) is 2.85. The van der Waals surface area contributed by atoms with Gasteiger partial charge in [0.15, 0.2) is 0 Å². The molecule has 1 aliphatic rings. The molecule has 21 heavy (non-hydrogen) atoms. The number of hydrogen-bond donors (Lipinski definition) is 0. The van der Waals surface area contributed by atoms with Crippen molar-refractivity contribution < 1.29 is 18.8 Å². The van der Waals surface area contributed by atoms with Crippen LogP contribution >= 0.6 is 0 Å². The second kappa shape index (κ2) is 5.46. The predicted molar refractivity (Wildman–Crippen MR) is 82.9 cm³/mol. The van der Waals surface area contributed by atoms with Gasteiger partial charge in [-0.3, -0.25) is 0 Å². The lowest BCUT2D eigenvalue weighted by atomic mass is 9.73. The summed E-state index contributed by atoms with van der Waals surface area (Å²) in [7, 11) is -0.560. The summed E-state index contributed by atoms with van der Waals surface area (Å²) < 4.78 is 17.3. The fraction of sp³-hybridized carbons (Fsp3) is 0.562. The van der Waals surface area contributed by atoms with Gasteiger partial charge in [-0.05, 0) is 53.1 Å². The third-order valence-electron chi connectivity index (χ3n) is 4.31. The lowest BCUT2D eigenvalue weighted by Gasteiger charge is -2.32. The zero-order chi connectivity index (χ0) is 15.8. The van der Waals surface area contributed by atoms with Crippen LogP contribution in [-0.4, -0.2) is 30.9 Å². The van der Waals surface area contributed by atoms with Crippen LogP contribution in [0.2, 0.25) is 0 Å². The highest BCUT2D eigenvalue weighted by Crippen LogP contribution is 2.37. The standard InChI is InChI=1S/C16H23BO4/c1-7-19-14(18)12-10-8-9-11(2)13(12)17-20-15(3,4)16(5,6)21-17/h8-10H,7H2,1-6H3. The predicted octanol–water partition coefficient (Wildman–Crippen LogP) is 2.47. The molecular formula is C16H23BO4. The van der Waals surface area contributed by atoms with Crippen LogP contribution in [0.15, 0.2) is 18.2 Å². The summed E-state index contributed by atoms with van der Waals surface area (Å²) in [5.74, 6) is -0.342. The zero-order valence-corrected chi connectivity index (χ0v) is 13.6. The summed E-state index contributed by atoms with van der Waals surface area (Å²) in [5.41, 5.74) is 1.35. The molecule has 0 radical (unpaired) electrons. The molecule has 0 aromatic heterocycles. The van der Waals surface area contributed by atoms with Gasteiger partial charge in [0.05, 0.1) is 23.4 Å². The molecule has 0 aliphatic carbocycles. The average molecular weight is 290 g/mol. The molecule has 1 fully saturated rings. The van der Waals surface area contributed by atoms with Gasteiger partial charge in [0.25, 0.3) is 0 Å². The Morgan fingerprint density at radius 3 is 2.29 bits per heavy atom. The van der Waals surface area contributed by atoms with Gasteiger partial charge in [0.2, 0.25) is 0 Å². The van der Waals surface area contributed by atoms with Gasteiger partial charge < -0.3 is 14.0 Å². The first-order valence-electron chi connectivity index (χ1n) is 7.32. The van der Waals surface area contributed by atoms with E-state index in [1.807, 2.05) is 46.8 Å². The van der Waals surface area contributed by atoms with Crippen LogP contribution in [0.3, 0.4) is 0 Å². The number of aryl methyl sites for hydroxylation is 1. The number of benzene rings is 1. The first kappa shape index (κ1) is 16.1. The molecule has 5 heteroatoms. The van der Waals surface area contributed by atoms with E-state index in [1.54, 1.807) is 13.0 Å². The summed E-state index contributed by atoms with van der Waals surface area (Å²) in [6, 6.07) is 5.55. The van der Waals surface area contributed by atoms with Gasteiger partial charge in [-0.25, -0.2) is 4.79 Å². The van der Waals surface area contributed by atoms with E-state index >= 15 is 0 Å². The molecule has 0 N–H and O–H groups in total. The Bertz CT molecular complexity index is 535. The average Bonchev–Trinajstić information content (AvgIpc) is 2.58. The molecule has 1 saturated heterocycles. The van der Waals surface area contributed by atoms with Gasteiger partial charge >= 0.3 is 13.1 Å². The van der Waals surface area contributed by atoms with Gasteiger partial charge in [-0.15, -0.1) is 0 Å². The summed E-state index contributed by atoms with van der Waals surface area (Å²) >= 11 is 0. The van der Waals surface area contributed by atoms with E-state index < -0.39 is 18.3 Å². The lowest BCUT2D eigenvalue weighted by molar-refractivity contribution is 0.00578. The fourth-order valence-electron chi connectivity index (χ4n) is 2.34. The molecule has 2 rings (SSSR count). The normalized spacial score (nSPS) is 19.6. The van der Waals surface area contributed by atoms with Crippen LogP contribution in [0.5, 0.6) is 0 Å². The van der Waals surface area contributed by atoms with Gasteiger partial charge in [0, 0.05) is 0 Å². The third-order valence-corrected chi connectivity index (χ3v) is 4.31. The quantitative estimate of drug-likeness (QED) is 0.633. The van der Waals surface area contributed by atoms with Crippen molar-refractivity contribution in [3.05, 3.63) is 29.3 Å². The Labute approximate surface area is 126 Å². The van der Waals surface area contributed by atoms with Crippen LogP contribution in [0.4, 0.5) is 0 Å². The smallest absolute Gasteiger partial charge is 0.462 e.